The number of carbonyl (C=O) groups excluding carboxylic acids is 2. The molecule has 1 amide bonds. The van der Waals surface area contributed by atoms with Crippen LogP contribution in [0, 0.1) is 9.49 Å². The molecule has 1 aromatic carbocycles. The molecule has 2 unspecified atom stereocenters. The minimum Gasteiger partial charge on any atom is -0.462 e. The predicted octanol–water partition coefficient (Wildman–Crippen LogP) is 4.14. The highest BCUT2D eigenvalue weighted by Gasteiger charge is 2.46. The molecule has 0 bridgehead atoms. The summed E-state index contributed by atoms with van der Waals surface area (Å²) in [7, 11) is 0. The summed E-state index contributed by atoms with van der Waals surface area (Å²) in [6.45, 7) is 7.99. The Kier molecular flexibility index (Phi) is 5.76. The number of hydrogen-bond donors (Lipinski definition) is 0. The van der Waals surface area contributed by atoms with Gasteiger partial charge in [-0.25, -0.2) is 9.79 Å². The largest absolute Gasteiger partial charge is 0.462 e. The van der Waals surface area contributed by atoms with Crippen LogP contribution in [0.2, 0.25) is 0 Å². The Bertz CT molecular complexity index is 802. The number of rotatable bonds is 4. The van der Waals surface area contributed by atoms with Gasteiger partial charge in [-0.05, 0) is 60.1 Å². The second kappa shape index (κ2) is 7.72. The van der Waals surface area contributed by atoms with Crippen LogP contribution in [0.25, 0.3) is 0 Å². The van der Waals surface area contributed by atoms with Crippen LogP contribution in [0.4, 0.5) is 0 Å². The topological polar surface area (TPSA) is 59.0 Å². The van der Waals surface area contributed by atoms with Crippen molar-refractivity contribution in [1.29, 1.82) is 0 Å². The molecule has 0 aliphatic carbocycles. The number of nitrogens with zero attached hydrogens (tertiary/aromatic N) is 2. The van der Waals surface area contributed by atoms with Crippen molar-refractivity contribution in [3.63, 3.8) is 0 Å². The second-order valence-corrected chi connectivity index (χ2v) is 9.36. The van der Waals surface area contributed by atoms with Gasteiger partial charge in [-0.1, -0.05) is 37.7 Å². The molecule has 1 saturated heterocycles. The van der Waals surface area contributed by atoms with E-state index in [4.69, 9.17) is 4.74 Å². The summed E-state index contributed by atoms with van der Waals surface area (Å²) in [4.78, 5) is 31.8. The van der Waals surface area contributed by atoms with Gasteiger partial charge in [0.05, 0.1) is 29.2 Å². The van der Waals surface area contributed by atoms with Crippen molar-refractivity contribution in [1.82, 2.24) is 4.90 Å². The number of amides is 1. The second-order valence-electron chi connectivity index (χ2n) is 6.81. The van der Waals surface area contributed by atoms with Gasteiger partial charge in [-0.3, -0.25) is 9.69 Å². The lowest BCUT2D eigenvalue weighted by Crippen LogP contribution is -2.40. The molecule has 2 heterocycles. The van der Waals surface area contributed by atoms with E-state index in [1.54, 1.807) is 4.90 Å². The molecule has 7 heteroatoms. The van der Waals surface area contributed by atoms with Gasteiger partial charge in [0.15, 0.2) is 5.17 Å². The summed E-state index contributed by atoms with van der Waals surface area (Å²) in [6.07, 6.45) is 0. The van der Waals surface area contributed by atoms with Crippen LogP contribution in [0.1, 0.15) is 39.3 Å². The van der Waals surface area contributed by atoms with Gasteiger partial charge in [0, 0.05) is 3.57 Å². The smallest absolute Gasteiger partial charge is 0.338 e. The number of amidine groups is 1. The van der Waals surface area contributed by atoms with Gasteiger partial charge < -0.3 is 4.74 Å². The molecule has 0 radical (unpaired) electrons. The first-order valence-electron chi connectivity index (χ1n) is 8.51. The fraction of sp³-hybridized carbons (Fsp3) is 0.421. The Morgan fingerprint density at radius 2 is 2.00 bits per heavy atom. The lowest BCUT2D eigenvalue weighted by Gasteiger charge is -2.33. The van der Waals surface area contributed by atoms with Crippen LogP contribution in [-0.2, 0) is 14.3 Å². The molecule has 1 fully saturated rings. The lowest BCUT2D eigenvalue weighted by atomic mass is 9.94. The van der Waals surface area contributed by atoms with Crippen LogP contribution < -0.4 is 0 Å². The molecular weight excluding hydrogens is 463 g/mol. The number of thioether (sulfide) groups is 1. The molecule has 2 aliphatic heterocycles. The van der Waals surface area contributed by atoms with Gasteiger partial charge >= 0.3 is 5.97 Å². The first-order chi connectivity index (χ1) is 12.3. The van der Waals surface area contributed by atoms with E-state index in [1.807, 2.05) is 52.0 Å². The highest BCUT2D eigenvalue weighted by atomic mass is 127. The Balaban J connectivity index is 2.06. The van der Waals surface area contributed by atoms with Crippen molar-refractivity contribution in [2.45, 2.75) is 39.0 Å². The van der Waals surface area contributed by atoms with E-state index in [-0.39, 0.29) is 17.1 Å². The van der Waals surface area contributed by atoms with Gasteiger partial charge in [-0.15, -0.1) is 0 Å². The average Bonchev–Trinajstić information content (AvgIpc) is 2.86. The maximum absolute atomic E-state index is 12.8. The third kappa shape index (κ3) is 3.69. The zero-order valence-electron chi connectivity index (χ0n) is 15.2. The fourth-order valence-electron chi connectivity index (χ4n) is 2.94. The van der Waals surface area contributed by atoms with Crippen LogP contribution in [-0.4, -0.2) is 33.8 Å². The minimum atomic E-state index is -0.496. The molecule has 0 spiro atoms. The van der Waals surface area contributed by atoms with Crippen molar-refractivity contribution in [2.24, 2.45) is 10.9 Å². The number of esters is 1. The lowest BCUT2D eigenvalue weighted by molar-refractivity contribution is -0.141. The zero-order valence-corrected chi connectivity index (χ0v) is 18.1. The number of fused-ring (bicyclic) bond motifs is 1. The van der Waals surface area contributed by atoms with Crippen LogP contribution in [0.5, 0.6) is 0 Å². The van der Waals surface area contributed by atoms with E-state index in [1.165, 1.54) is 11.8 Å². The minimum absolute atomic E-state index is 0.0287. The molecule has 2 aliphatic rings. The van der Waals surface area contributed by atoms with Crippen molar-refractivity contribution >= 4 is 51.4 Å². The normalized spacial score (nSPS) is 22.6. The first-order valence-corrected chi connectivity index (χ1v) is 10.5. The van der Waals surface area contributed by atoms with E-state index >= 15 is 0 Å². The predicted molar refractivity (Wildman–Crippen MR) is 112 cm³/mol. The molecule has 0 aromatic heterocycles. The molecule has 5 nitrogen and oxygen atoms in total. The van der Waals surface area contributed by atoms with Crippen molar-refractivity contribution in [2.75, 3.05) is 6.61 Å². The van der Waals surface area contributed by atoms with E-state index in [2.05, 4.69) is 27.6 Å². The van der Waals surface area contributed by atoms with Crippen LogP contribution >= 0.6 is 34.4 Å². The highest BCUT2D eigenvalue weighted by molar-refractivity contribution is 14.1. The van der Waals surface area contributed by atoms with Gasteiger partial charge in [-0.2, -0.15) is 0 Å². The SMILES string of the molecule is CC1=C(C(=O)OCC(C)C)C(c2ccc(I)cc2)N2C(=O)C(C)SC2=N1. The van der Waals surface area contributed by atoms with Crippen molar-refractivity contribution < 1.29 is 14.3 Å². The Morgan fingerprint density at radius 1 is 1.35 bits per heavy atom. The molecule has 0 N–H and O–H groups in total. The Hall–Kier alpha value is -1.35. The van der Waals surface area contributed by atoms with Gasteiger partial charge in [0.2, 0.25) is 5.91 Å². The summed E-state index contributed by atoms with van der Waals surface area (Å²) in [5, 5.41) is 0.447. The first kappa shape index (κ1) is 19.4. The molecule has 138 valence electrons. The zero-order chi connectivity index (χ0) is 19.0. The molecule has 3 rings (SSSR count). The third-order valence-electron chi connectivity index (χ3n) is 4.21. The Morgan fingerprint density at radius 3 is 2.62 bits per heavy atom. The van der Waals surface area contributed by atoms with E-state index in [0.29, 0.717) is 23.0 Å². The molecule has 26 heavy (non-hydrogen) atoms. The number of ether oxygens (including phenoxy) is 1. The molecule has 1 aromatic rings. The number of hydrogen-bond acceptors (Lipinski definition) is 5. The quantitative estimate of drug-likeness (QED) is 0.476. The summed E-state index contributed by atoms with van der Waals surface area (Å²) in [5.74, 6) is -0.192. The van der Waals surface area contributed by atoms with Crippen molar-refractivity contribution in [3.05, 3.63) is 44.7 Å². The Labute approximate surface area is 171 Å². The van der Waals surface area contributed by atoms with Gasteiger partial charge in [0.1, 0.15) is 0 Å². The van der Waals surface area contributed by atoms with Crippen molar-refractivity contribution in [3.8, 4) is 0 Å². The number of benzene rings is 1. The number of halogens is 1. The summed E-state index contributed by atoms with van der Waals surface area (Å²) in [6, 6.07) is 7.37. The molecule has 2 atom stereocenters. The number of carbonyl (C=O) groups is 2. The summed E-state index contributed by atoms with van der Waals surface area (Å²) < 4.78 is 6.58. The third-order valence-corrected chi connectivity index (χ3v) is 5.98. The maximum atomic E-state index is 12.8. The van der Waals surface area contributed by atoms with E-state index < -0.39 is 12.0 Å². The maximum Gasteiger partial charge on any atom is 0.338 e. The van der Waals surface area contributed by atoms with E-state index in [9.17, 15) is 9.59 Å². The standard InChI is InChI=1S/C19H21IN2O3S/c1-10(2)9-25-18(24)15-11(3)21-19-22(17(23)12(4)26-19)16(15)13-5-7-14(20)8-6-13/h5-8,10,12,16H,9H2,1-4H3. The summed E-state index contributed by atoms with van der Waals surface area (Å²) in [5.41, 5.74) is 1.94. The van der Waals surface area contributed by atoms with Gasteiger partial charge in [0.25, 0.3) is 0 Å². The average molecular weight is 484 g/mol. The van der Waals surface area contributed by atoms with E-state index in [0.717, 1.165) is 9.13 Å². The number of allylic oxidation sites excluding steroid dienone is 1. The van der Waals surface area contributed by atoms with Crippen LogP contribution in [0.15, 0.2) is 40.5 Å². The molecule has 0 saturated carbocycles. The fourth-order valence-corrected chi connectivity index (χ4v) is 4.33. The highest BCUT2D eigenvalue weighted by Crippen LogP contribution is 2.43. The van der Waals surface area contributed by atoms with Crippen LogP contribution in [0.3, 0.4) is 0 Å². The monoisotopic (exact) mass is 484 g/mol. The number of aliphatic imine (C=N–C) groups is 1. The summed E-state index contributed by atoms with van der Waals surface area (Å²) >= 11 is 3.67. The molecular formula is C19H21IN2O3S.